The molecular formula is C22H22O4. The lowest BCUT2D eigenvalue weighted by molar-refractivity contribution is -0.126. The number of carbonyl (C=O) groups excluding carboxylic acids is 2. The van der Waals surface area contributed by atoms with Crippen molar-refractivity contribution < 1.29 is 19.5 Å². The number of hydrogen-bond acceptors (Lipinski definition) is 3. The summed E-state index contributed by atoms with van der Waals surface area (Å²) in [4.78, 5) is 36.2. The molecule has 0 bridgehead atoms. The topological polar surface area (TPSA) is 71.4 Å². The highest BCUT2D eigenvalue weighted by Gasteiger charge is 2.50. The van der Waals surface area contributed by atoms with Crippen LogP contribution in [0.15, 0.2) is 42.5 Å². The van der Waals surface area contributed by atoms with Gasteiger partial charge in [-0.1, -0.05) is 30.3 Å². The van der Waals surface area contributed by atoms with Crippen molar-refractivity contribution in [2.75, 3.05) is 0 Å². The van der Waals surface area contributed by atoms with Gasteiger partial charge in [0.15, 0.2) is 11.6 Å². The predicted octanol–water partition coefficient (Wildman–Crippen LogP) is 3.95. The lowest BCUT2D eigenvalue weighted by atomic mass is 9.80. The van der Waals surface area contributed by atoms with Crippen molar-refractivity contribution in [1.29, 1.82) is 0 Å². The number of carbonyl (C=O) groups is 3. The lowest BCUT2D eigenvalue weighted by Gasteiger charge is -2.21. The summed E-state index contributed by atoms with van der Waals surface area (Å²) >= 11 is 0. The molecule has 2 aromatic rings. The van der Waals surface area contributed by atoms with Crippen LogP contribution in [-0.4, -0.2) is 22.6 Å². The average Bonchev–Trinajstić information content (AvgIpc) is 2.73. The van der Waals surface area contributed by atoms with Gasteiger partial charge in [-0.2, -0.15) is 0 Å². The molecule has 0 saturated heterocycles. The number of Topliss-reactive ketones (excluding diaryl/α,β-unsaturated/α-hetero) is 2. The second-order valence-corrected chi connectivity index (χ2v) is 7.94. The second-order valence-electron chi connectivity index (χ2n) is 7.94. The molecule has 0 atom stereocenters. The average molecular weight is 350 g/mol. The maximum Gasteiger partial charge on any atom is 0.335 e. The van der Waals surface area contributed by atoms with Crippen molar-refractivity contribution in [3.8, 4) is 0 Å². The highest BCUT2D eigenvalue weighted by atomic mass is 16.4. The second kappa shape index (κ2) is 5.90. The Labute approximate surface area is 152 Å². The van der Waals surface area contributed by atoms with Gasteiger partial charge in [0.05, 0.1) is 5.56 Å². The Morgan fingerprint density at radius 3 is 1.96 bits per heavy atom. The van der Waals surface area contributed by atoms with Crippen molar-refractivity contribution >= 4 is 17.5 Å². The number of aromatic carboxylic acids is 1. The van der Waals surface area contributed by atoms with Crippen LogP contribution < -0.4 is 0 Å². The minimum Gasteiger partial charge on any atom is -0.478 e. The molecule has 0 fully saturated rings. The molecule has 134 valence electrons. The van der Waals surface area contributed by atoms with E-state index in [0.29, 0.717) is 5.56 Å². The number of hydrogen-bond donors (Lipinski definition) is 1. The van der Waals surface area contributed by atoms with Crippen molar-refractivity contribution in [2.24, 2.45) is 0 Å². The molecule has 0 saturated carbocycles. The Bertz CT molecular complexity index is 918. The third-order valence-electron chi connectivity index (χ3n) is 5.38. The molecule has 0 radical (unpaired) electrons. The molecule has 0 heterocycles. The molecule has 1 N–H and O–H groups in total. The first-order valence-electron chi connectivity index (χ1n) is 8.60. The van der Waals surface area contributed by atoms with E-state index in [4.69, 9.17) is 5.11 Å². The summed E-state index contributed by atoms with van der Waals surface area (Å²) in [5, 5.41) is 8.94. The fraction of sp³-hybridized carbons (Fsp3) is 0.318. The van der Waals surface area contributed by atoms with E-state index in [9.17, 15) is 14.4 Å². The lowest BCUT2D eigenvalue weighted by Crippen LogP contribution is -2.33. The van der Waals surface area contributed by atoms with Crippen LogP contribution in [0.5, 0.6) is 0 Å². The van der Waals surface area contributed by atoms with E-state index in [2.05, 4.69) is 0 Å². The van der Waals surface area contributed by atoms with Crippen LogP contribution >= 0.6 is 0 Å². The van der Waals surface area contributed by atoms with Crippen LogP contribution in [-0.2, 0) is 22.0 Å². The Morgan fingerprint density at radius 1 is 0.846 bits per heavy atom. The number of rotatable bonds is 4. The predicted molar refractivity (Wildman–Crippen MR) is 98.9 cm³/mol. The van der Waals surface area contributed by atoms with E-state index in [1.807, 2.05) is 45.9 Å². The Balaban J connectivity index is 1.88. The van der Waals surface area contributed by atoms with Crippen molar-refractivity contribution in [1.82, 2.24) is 0 Å². The third kappa shape index (κ3) is 2.75. The summed E-state index contributed by atoms with van der Waals surface area (Å²) in [7, 11) is 0. The number of fused-ring (bicyclic) bond motifs is 1. The molecule has 0 unspecified atom stereocenters. The fourth-order valence-electron chi connectivity index (χ4n) is 3.88. The molecule has 26 heavy (non-hydrogen) atoms. The van der Waals surface area contributed by atoms with Gasteiger partial charge in [-0.3, -0.25) is 9.59 Å². The van der Waals surface area contributed by atoms with Crippen molar-refractivity contribution in [2.45, 2.75) is 44.9 Å². The van der Waals surface area contributed by atoms with Gasteiger partial charge in [0.25, 0.3) is 0 Å². The van der Waals surface area contributed by atoms with Gasteiger partial charge >= 0.3 is 5.97 Å². The first-order valence-corrected chi connectivity index (χ1v) is 8.60. The van der Waals surface area contributed by atoms with E-state index >= 15 is 0 Å². The minimum absolute atomic E-state index is 0.0803. The zero-order valence-electron chi connectivity index (χ0n) is 15.4. The molecule has 0 aliphatic heterocycles. The van der Waals surface area contributed by atoms with Crippen molar-refractivity contribution in [3.05, 3.63) is 70.3 Å². The van der Waals surface area contributed by atoms with Crippen LogP contribution in [0.4, 0.5) is 0 Å². The first-order chi connectivity index (χ1) is 12.0. The molecule has 0 spiro atoms. The van der Waals surface area contributed by atoms with E-state index in [0.717, 1.165) is 16.7 Å². The van der Waals surface area contributed by atoms with Gasteiger partial charge in [-0.05, 0) is 56.5 Å². The molecule has 2 aromatic carbocycles. The zero-order valence-corrected chi connectivity index (χ0v) is 15.4. The Morgan fingerprint density at radius 2 is 1.38 bits per heavy atom. The fourth-order valence-corrected chi connectivity index (χ4v) is 3.88. The minimum atomic E-state index is -1.02. The molecule has 4 nitrogen and oxygen atoms in total. The molecular weight excluding hydrogens is 328 g/mol. The van der Waals surface area contributed by atoms with Gasteiger partial charge in [0.1, 0.15) is 0 Å². The molecule has 4 heteroatoms. The maximum atomic E-state index is 12.7. The van der Waals surface area contributed by atoms with E-state index in [1.54, 1.807) is 0 Å². The van der Waals surface area contributed by atoms with E-state index in [-0.39, 0.29) is 23.6 Å². The monoisotopic (exact) mass is 350 g/mol. The van der Waals surface area contributed by atoms with Crippen LogP contribution in [0.2, 0.25) is 0 Å². The highest BCUT2D eigenvalue weighted by Crippen LogP contribution is 2.46. The maximum absolute atomic E-state index is 12.7. The number of benzene rings is 2. The summed E-state index contributed by atoms with van der Waals surface area (Å²) in [6.45, 7) is 7.74. The Hall–Kier alpha value is -2.75. The largest absolute Gasteiger partial charge is 0.478 e. The first kappa shape index (κ1) is 18.1. The van der Waals surface area contributed by atoms with Gasteiger partial charge in [0, 0.05) is 22.8 Å². The van der Waals surface area contributed by atoms with Crippen molar-refractivity contribution in [3.63, 3.8) is 0 Å². The quantitative estimate of drug-likeness (QED) is 0.848. The van der Waals surface area contributed by atoms with E-state index < -0.39 is 16.8 Å². The Kier molecular flexibility index (Phi) is 4.10. The van der Waals surface area contributed by atoms with Crippen LogP contribution in [0.25, 0.3) is 0 Å². The standard InChI is InChI=1S/C22H22O4/c1-21(2)16-10-5-13(11-17(16)22(3,4)20(21)26)12-18(23)14-6-8-15(9-7-14)19(24)25/h5-11H,12H2,1-4H3,(H,24,25). The van der Waals surface area contributed by atoms with E-state index in [1.165, 1.54) is 24.3 Å². The smallest absolute Gasteiger partial charge is 0.335 e. The molecule has 0 amide bonds. The molecule has 1 aliphatic rings. The summed E-state index contributed by atoms with van der Waals surface area (Å²) in [6, 6.07) is 11.8. The van der Waals surface area contributed by atoms with Gasteiger partial charge in [-0.25, -0.2) is 4.79 Å². The molecule has 0 aromatic heterocycles. The third-order valence-corrected chi connectivity index (χ3v) is 5.38. The number of carboxylic acid groups (broad SMARTS) is 1. The molecule has 3 rings (SSSR count). The highest BCUT2D eigenvalue weighted by molar-refractivity contribution is 6.03. The zero-order chi connectivity index (χ0) is 19.3. The number of carboxylic acids is 1. The van der Waals surface area contributed by atoms with Gasteiger partial charge < -0.3 is 5.11 Å². The SMILES string of the molecule is CC1(C)C(=O)C(C)(C)c2cc(CC(=O)c3ccc(C(=O)O)cc3)ccc21. The summed E-state index contributed by atoms with van der Waals surface area (Å²) in [5.74, 6) is -0.909. The summed E-state index contributed by atoms with van der Waals surface area (Å²) in [6.07, 6.45) is 0.213. The van der Waals surface area contributed by atoms with Crippen LogP contribution in [0.1, 0.15) is 65.1 Å². The van der Waals surface area contributed by atoms with Gasteiger partial charge in [0.2, 0.25) is 0 Å². The number of ketones is 2. The summed E-state index contributed by atoms with van der Waals surface area (Å²) < 4.78 is 0. The van der Waals surface area contributed by atoms with Gasteiger partial charge in [-0.15, -0.1) is 0 Å². The summed E-state index contributed by atoms with van der Waals surface area (Å²) in [5.41, 5.74) is 2.41. The normalized spacial score (nSPS) is 17.0. The van der Waals surface area contributed by atoms with Crippen LogP contribution in [0, 0.1) is 0 Å². The molecule has 1 aliphatic carbocycles. The van der Waals surface area contributed by atoms with Crippen LogP contribution in [0.3, 0.4) is 0 Å².